The molecule has 1 aliphatic rings. The number of likely N-dealkylation sites (N-methyl/N-ethyl adjacent to an activating group) is 1. The summed E-state index contributed by atoms with van der Waals surface area (Å²) in [6.07, 6.45) is 1.82. The zero-order valence-corrected chi connectivity index (χ0v) is 23.6. The van der Waals surface area contributed by atoms with Gasteiger partial charge in [-0.1, -0.05) is 32.0 Å². The standard InChI is InChI=1S/C32H35N5O3/c1-6-37(7-2)16-15-33-31(39)28-19(3)27(34-20(28)4)18-25-24-17-23(13-14-26(24)36-30(25)38)29-21(5)35-32(40-29)22-11-9-8-10-12-22/h8-14,17-18,34H,6-7,15-16H2,1-5H3,(H,33,39)(H,36,38)/b25-18-. The van der Waals surface area contributed by atoms with Crippen LogP contribution in [0.15, 0.2) is 52.9 Å². The van der Waals surface area contributed by atoms with Gasteiger partial charge >= 0.3 is 0 Å². The van der Waals surface area contributed by atoms with Gasteiger partial charge in [0.25, 0.3) is 11.8 Å². The highest BCUT2D eigenvalue weighted by Gasteiger charge is 2.27. The topological polar surface area (TPSA) is 103 Å². The van der Waals surface area contributed by atoms with Gasteiger partial charge in [-0.3, -0.25) is 9.59 Å². The SMILES string of the molecule is CCN(CC)CCNC(=O)c1c(C)[nH]c(/C=C2\C(=O)Nc3ccc(-c4oc(-c5ccccc5)nc4C)cc32)c1C. The normalized spacial score (nSPS) is 13.7. The van der Waals surface area contributed by atoms with E-state index in [0.717, 1.165) is 64.7 Å². The van der Waals surface area contributed by atoms with Crippen LogP contribution in [0.1, 0.15) is 52.4 Å². The first-order chi connectivity index (χ1) is 19.3. The Morgan fingerprint density at radius 1 is 1.05 bits per heavy atom. The molecule has 5 rings (SSSR count). The van der Waals surface area contributed by atoms with E-state index in [-0.39, 0.29) is 11.8 Å². The van der Waals surface area contributed by atoms with Crippen LogP contribution in [0.2, 0.25) is 0 Å². The lowest BCUT2D eigenvalue weighted by molar-refractivity contribution is -0.110. The van der Waals surface area contributed by atoms with Gasteiger partial charge in [0.2, 0.25) is 5.89 Å². The Balaban J connectivity index is 1.43. The first kappa shape index (κ1) is 27.1. The second-order valence-corrected chi connectivity index (χ2v) is 10.0. The van der Waals surface area contributed by atoms with E-state index in [1.165, 1.54) is 0 Å². The summed E-state index contributed by atoms with van der Waals surface area (Å²) in [7, 11) is 0. The number of amides is 2. The summed E-state index contributed by atoms with van der Waals surface area (Å²) < 4.78 is 6.16. The average molecular weight is 538 g/mol. The van der Waals surface area contributed by atoms with Crippen LogP contribution in [0.4, 0.5) is 5.69 Å². The number of nitrogens with zero attached hydrogens (tertiary/aromatic N) is 2. The van der Waals surface area contributed by atoms with Gasteiger partial charge in [0.05, 0.1) is 16.8 Å². The van der Waals surface area contributed by atoms with E-state index in [4.69, 9.17) is 4.42 Å². The van der Waals surface area contributed by atoms with Crippen LogP contribution in [-0.4, -0.2) is 52.9 Å². The van der Waals surface area contributed by atoms with Crippen LogP contribution in [0.25, 0.3) is 34.4 Å². The highest BCUT2D eigenvalue weighted by Crippen LogP contribution is 2.38. The summed E-state index contributed by atoms with van der Waals surface area (Å²) in [4.78, 5) is 36.3. The van der Waals surface area contributed by atoms with Crippen molar-refractivity contribution in [3.05, 3.63) is 82.3 Å². The second-order valence-electron chi connectivity index (χ2n) is 10.0. The number of oxazole rings is 1. The van der Waals surface area contributed by atoms with E-state index in [2.05, 4.69) is 39.3 Å². The number of fused-ring (bicyclic) bond motifs is 1. The van der Waals surface area contributed by atoms with Crippen molar-refractivity contribution in [1.29, 1.82) is 0 Å². The largest absolute Gasteiger partial charge is 0.436 e. The molecule has 0 bridgehead atoms. The highest BCUT2D eigenvalue weighted by molar-refractivity contribution is 6.35. The number of H-pyrrole nitrogens is 1. The molecule has 40 heavy (non-hydrogen) atoms. The van der Waals surface area contributed by atoms with E-state index in [1.54, 1.807) is 0 Å². The van der Waals surface area contributed by atoms with Gasteiger partial charge in [-0.25, -0.2) is 4.98 Å². The summed E-state index contributed by atoms with van der Waals surface area (Å²) >= 11 is 0. The van der Waals surface area contributed by atoms with E-state index < -0.39 is 0 Å². The lowest BCUT2D eigenvalue weighted by atomic mass is 10.0. The number of aromatic amines is 1. The van der Waals surface area contributed by atoms with Crippen LogP contribution >= 0.6 is 0 Å². The van der Waals surface area contributed by atoms with Crippen LogP contribution < -0.4 is 10.6 Å². The summed E-state index contributed by atoms with van der Waals surface area (Å²) in [6, 6.07) is 15.5. The monoisotopic (exact) mass is 537 g/mol. The lowest BCUT2D eigenvalue weighted by Crippen LogP contribution is -2.35. The number of hydrogen-bond donors (Lipinski definition) is 3. The Kier molecular flexibility index (Phi) is 7.71. The molecule has 0 radical (unpaired) electrons. The van der Waals surface area contributed by atoms with Crippen molar-refractivity contribution in [2.24, 2.45) is 0 Å². The number of aryl methyl sites for hydroxylation is 2. The number of aromatic nitrogens is 2. The Morgan fingerprint density at radius 3 is 2.52 bits per heavy atom. The first-order valence-corrected chi connectivity index (χ1v) is 13.7. The number of carbonyl (C=O) groups is 2. The van der Waals surface area contributed by atoms with Gasteiger partial charge in [-0.05, 0) is 75.8 Å². The molecule has 1 aliphatic heterocycles. The molecule has 0 spiro atoms. The van der Waals surface area contributed by atoms with Gasteiger partial charge in [0, 0.05) is 46.9 Å². The minimum Gasteiger partial charge on any atom is -0.436 e. The number of benzene rings is 2. The minimum absolute atomic E-state index is 0.114. The summed E-state index contributed by atoms with van der Waals surface area (Å²) in [5.74, 6) is 0.912. The zero-order valence-electron chi connectivity index (χ0n) is 23.6. The average Bonchev–Trinajstić information content (AvgIpc) is 3.59. The lowest BCUT2D eigenvalue weighted by Gasteiger charge is -2.18. The molecule has 206 valence electrons. The fraction of sp³-hybridized carbons (Fsp3) is 0.281. The summed E-state index contributed by atoms with van der Waals surface area (Å²) in [6.45, 7) is 13.2. The maximum Gasteiger partial charge on any atom is 0.256 e. The van der Waals surface area contributed by atoms with E-state index in [9.17, 15) is 9.59 Å². The van der Waals surface area contributed by atoms with Crippen molar-refractivity contribution in [1.82, 2.24) is 20.2 Å². The molecule has 0 fully saturated rings. The Bertz CT molecular complexity index is 1590. The van der Waals surface area contributed by atoms with Crippen LogP contribution in [0.5, 0.6) is 0 Å². The molecular formula is C32H35N5O3. The molecule has 0 unspecified atom stereocenters. The summed E-state index contributed by atoms with van der Waals surface area (Å²) in [5.41, 5.74) is 7.46. The molecule has 2 amide bonds. The molecule has 8 nitrogen and oxygen atoms in total. The summed E-state index contributed by atoms with van der Waals surface area (Å²) in [5, 5.41) is 5.99. The first-order valence-electron chi connectivity index (χ1n) is 13.7. The molecule has 3 N–H and O–H groups in total. The predicted molar refractivity (Wildman–Crippen MR) is 159 cm³/mol. The van der Waals surface area contributed by atoms with E-state index >= 15 is 0 Å². The van der Waals surface area contributed by atoms with Gasteiger partial charge in [-0.15, -0.1) is 0 Å². The van der Waals surface area contributed by atoms with Crippen molar-refractivity contribution in [2.75, 3.05) is 31.5 Å². The Morgan fingerprint density at radius 2 is 1.80 bits per heavy atom. The van der Waals surface area contributed by atoms with Crippen LogP contribution in [0.3, 0.4) is 0 Å². The van der Waals surface area contributed by atoms with Crippen molar-refractivity contribution < 1.29 is 14.0 Å². The van der Waals surface area contributed by atoms with Crippen LogP contribution in [0, 0.1) is 20.8 Å². The molecule has 3 heterocycles. The number of hydrogen-bond acceptors (Lipinski definition) is 5. The fourth-order valence-electron chi connectivity index (χ4n) is 5.20. The third kappa shape index (κ3) is 5.22. The van der Waals surface area contributed by atoms with E-state index in [1.807, 2.05) is 75.4 Å². The third-order valence-electron chi connectivity index (χ3n) is 7.48. The molecule has 0 atom stereocenters. The minimum atomic E-state index is -0.191. The zero-order chi connectivity index (χ0) is 28.4. The quantitative estimate of drug-likeness (QED) is 0.233. The molecule has 4 aromatic rings. The fourth-order valence-corrected chi connectivity index (χ4v) is 5.20. The van der Waals surface area contributed by atoms with Gasteiger partial charge in [0.1, 0.15) is 0 Å². The second kappa shape index (κ2) is 11.4. The van der Waals surface area contributed by atoms with Crippen molar-refractivity contribution >= 4 is 29.2 Å². The Hall–Kier alpha value is -4.43. The smallest absolute Gasteiger partial charge is 0.256 e. The number of anilines is 1. The molecule has 0 aliphatic carbocycles. The molecule has 0 saturated carbocycles. The van der Waals surface area contributed by atoms with Gasteiger partial charge in [0.15, 0.2) is 5.76 Å². The number of nitrogens with one attached hydrogen (secondary N) is 3. The van der Waals surface area contributed by atoms with Gasteiger partial charge < -0.3 is 24.9 Å². The van der Waals surface area contributed by atoms with Gasteiger partial charge in [-0.2, -0.15) is 0 Å². The maximum atomic E-state index is 13.0. The van der Waals surface area contributed by atoms with Crippen LogP contribution in [-0.2, 0) is 4.79 Å². The van der Waals surface area contributed by atoms with Crippen molar-refractivity contribution in [2.45, 2.75) is 34.6 Å². The maximum absolute atomic E-state index is 13.0. The van der Waals surface area contributed by atoms with Crippen molar-refractivity contribution in [3.63, 3.8) is 0 Å². The predicted octanol–water partition coefficient (Wildman–Crippen LogP) is 5.83. The van der Waals surface area contributed by atoms with E-state index in [0.29, 0.717) is 29.3 Å². The third-order valence-corrected chi connectivity index (χ3v) is 7.48. The molecule has 8 heteroatoms. The molecule has 2 aromatic carbocycles. The molecule has 0 saturated heterocycles. The highest BCUT2D eigenvalue weighted by atomic mass is 16.4. The number of rotatable bonds is 9. The molecular weight excluding hydrogens is 502 g/mol. The van der Waals surface area contributed by atoms with Crippen molar-refractivity contribution in [3.8, 4) is 22.8 Å². The molecule has 2 aromatic heterocycles. The Labute approximate surface area is 234 Å². The number of carbonyl (C=O) groups excluding carboxylic acids is 2.